The Kier molecular flexibility index (Phi) is 3.58. The third-order valence-corrected chi connectivity index (χ3v) is 4.05. The van der Waals surface area contributed by atoms with Gasteiger partial charge in [-0.25, -0.2) is 0 Å². The molecule has 1 heteroatoms. The molecule has 1 saturated heterocycles. The number of rotatable bonds is 2. The van der Waals surface area contributed by atoms with Crippen LogP contribution >= 0.6 is 0 Å². The highest BCUT2D eigenvalue weighted by atomic mass is 16.5. The molecule has 0 aliphatic carbocycles. The zero-order chi connectivity index (χ0) is 12.5. The fourth-order valence-electron chi connectivity index (χ4n) is 2.85. The SMILES string of the molecule is Cc1ccc(C(C)C2CCOC(C)(C)C2)cc1. The first-order chi connectivity index (χ1) is 7.98. The van der Waals surface area contributed by atoms with Crippen molar-refractivity contribution in [2.75, 3.05) is 6.61 Å². The largest absolute Gasteiger partial charge is 0.376 e. The summed E-state index contributed by atoms with van der Waals surface area (Å²) in [6.07, 6.45) is 2.36. The van der Waals surface area contributed by atoms with Gasteiger partial charge < -0.3 is 4.74 Å². The molecular formula is C16H24O. The molecule has 1 fully saturated rings. The molecule has 1 nitrogen and oxygen atoms in total. The van der Waals surface area contributed by atoms with Gasteiger partial charge >= 0.3 is 0 Å². The second kappa shape index (κ2) is 4.81. The van der Waals surface area contributed by atoms with Crippen LogP contribution in [0, 0.1) is 12.8 Å². The molecule has 2 rings (SSSR count). The number of ether oxygens (including phenoxy) is 1. The summed E-state index contributed by atoms with van der Waals surface area (Å²) in [6, 6.07) is 9.00. The Labute approximate surface area is 105 Å². The molecule has 0 amide bonds. The molecule has 0 bridgehead atoms. The van der Waals surface area contributed by atoms with E-state index in [2.05, 4.69) is 52.0 Å². The summed E-state index contributed by atoms with van der Waals surface area (Å²) in [7, 11) is 0. The summed E-state index contributed by atoms with van der Waals surface area (Å²) < 4.78 is 5.80. The van der Waals surface area contributed by atoms with Crippen LogP contribution in [-0.2, 0) is 4.74 Å². The van der Waals surface area contributed by atoms with E-state index in [0.717, 1.165) is 12.5 Å². The average molecular weight is 232 g/mol. The van der Waals surface area contributed by atoms with E-state index in [1.165, 1.54) is 24.0 Å². The number of hydrogen-bond donors (Lipinski definition) is 0. The minimum Gasteiger partial charge on any atom is -0.376 e. The summed E-state index contributed by atoms with van der Waals surface area (Å²) in [4.78, 5) is 0. The number of hydrogen-bond acceptors (Lipinski definition) is 1. The molecular weight excluding hydrogens is 208 g/mol. The van der Waals surface area contributed by atoms with Gasteiger partial charge in [0.25, 0.3) is 0 Å². The van der Waals surface area contributed by atoms with E-state index < -0.39 is 0 Å². The summed E-state index contributed by atoms with van der Waals surface area (Å²) in [6.45, 7) is 9.83. The molecule has 94 valence electrons. The van der Waals surface area contributed by atoms with Crippen LogP contribution in [0.3, 0.4) is 0 Å². The van der Waals surface area contributed by atoms with Crippen molar-refractivity contribution in [2.45, 2.75) is 52.1 Å². The Morgan fingerprint density at radius 2 is 1.88 bits per heavy atom. The van der Waals surface area contributed by atoms with Gasteiger partial charge in [-0.3, -0.25) is 0 Å². The molecule has 17 heavy (non-hydrogen) atoms. The third kappa shape index (κ3) is 3.10. The van der Waals surface area contributed by atoms with Gasteiger partial charge in [-0.05, 0) is 51.0 Å². The molecule has 1 aliphatic heterocycles. The van der Waals surface area contributed by atoms with Gasteiger partial charge in [0.1, 0.15) is 0 Å². The van der Waals surface area contributed by atoms with Crippen LogP contribution in [0.15, 0.2) is 24.3 Å². The lowest BCUT2D eigenvalue weighted by Crippen LogP contribution is -2.35. The van der Waals surface area contributed by atoms with Gasteiger partial charge in [-0.1, -0.05) is 36.8 Å². The van der Waals surface area contributed by atoms with Crippen molar-refractivity contribution in [3.63, 3.8) is 0 Å². The van der Waals surface area contributed by atoms with Gasteiger partial charge in [-0.2, -0.15) is 0 Å². The quantitative estimate of drug-likeness (QED) is 0.738. The Balaban J connectivity index is 2.09. The Hall–Kier alpha value is -0.820. The van der Waals surface area contributed by atoms with Gasteiger partial charge in [-0.15, -0.1) is 0 Å². The molecule has 1 aromatic carbocycles. The van der Waals surface area contributed by atoms with Crippen LogP contribution in [0.2, 0.25) is 0 Å². The van der Waals surface area contributed by atoms with Crippen LogP contribution in [0.1, 0.15) is 50.7 Å². The summed E-state index contributed by atoms with van der Waals surface area (Å²) in [5.74, 6) is 1.39. The van der Waals surface area contributed by atoms with Gasteiger partial charge in [0.05, 0.1) is 5.60 Å². The average Bonchev–Trinajstić information content (AvgIpc) is 2.28. The molecule has 0 radical (unpaired) electrons. The van der Waals surface area contributed by atoms with E-state index in [0.29, 0.717) is 5.92 Å². The van der Waals surface area contributed by atoms with Crippen LogP contribution < -0.4 is 0 Å². The standard InChI is InChI=1S/C16H24O/c1-12-5-7-14(8-6-12)13(2)15-9-10-17-16(3,4)11-15/h5-8,13,15H,9-11H2,1-4H3. The fourth-order valence-corrected chi connectivity index (χ4v) is 2.85. The van der Waals surface area contributed by atoms with Crippen LogP contribution in [0.5, 0.6) is 0 Å². The second-order valence-electron chi connectivity index (χ2n) is 6.06. The lowest BCUT2D eigenvalue weighted by Gasteiger charge is -2.38. The van der Waals surface area contributed by atoms with Gasteiger partial charge in [0, 0.05) is 6.61 Å². The number of benzene rings is 1. The highest BCUT2D eigenvalue weighted by molar-refractivity contribution is 5.24. The van der Waals surface area contributed by atoms with E-state index in [9.17, 15) is 0 Å². The molecule has 1 heterocycles. The maximum absolute atomic E-state index is 5.80. The monoisotopic (exact) mass is 232 g/mol. The molecule has 1 aromatic rings. The molecule has 0 saturated carbocycles. The van der Waals surface area contributed by atoms with Crippen molar-refractivity contribution in [1.29, 1.82) is 0 Å². The van der Waals surface area contributed by atoms with Gasteiger partial charge in [0.15, 0.2) is 0 Å². The van der Waals surface area contributed by atoms with E-state index in [1.807, 2.05) is 0 Å². The van der Waals surface area contributed by atoms with E-state index in [4.69, 9.17) is 4.74 Å². The molecule has 2 unspecified atom stereocenters. The van der Waals surface area contributed by atoms with Gasteiger partial charge in [0.2, 0.25) is 0 Å². The minimum atomic E-state index is 0.0574. The van der Waals surface area contributed by atoms with Crippen molar-refractivity contribution in [1.82, 2.24) is 0 Å². The van der Waals surface area contributed by atoms with Crippen LogP contribution in [-0.4, -0.2) is 12.2 Å². The summed E-state index contributed by atoms with van der Waals surface area (Å²) >= 11 is 0. The Morgan fingerprint density at radius 1 is 1.24 bits per heavy atom. The molecule has 0 spiro atoms. The molecule has 1 aliphatic rings. The predicted octanol–water partition coefficient (Wildman–Crippen LogP) is 4.30. The van der Waals surface area contributed by atoms with Crippen molar-refractivity contribution in [3.8, 4) is 0 Å². The molecule has 0 N–H and O–H groups in total. The topological polar surface area (TPSA) is 9.23 Å². The van der Waals surface area contributed by atoms with E-state index in [1.54, 1.807) is 0 Å². The highest BCUT2D eigenvalue weighted by Gasteiger charge is 2.32. The molecule has 0 aromatic heterocycles. The molecule has 2 atom stereocenters. The Morgan fingerprint density at radius 3 is 2.47 bits per heavy atom. The van der Waals surface area contributed by atoms with Crippen LogP contribution in [0.25, 0.3) is 0 Å². The first-order valence-corrected chi connectivity index (χ1v) is 6.68. The fraction of sp³-hybridized carbons (Fsp3) is 0.625. The minimum absolute atomic E-state index is 0.0574. The normalized spacial score (nSPS) is 25.5. The van der Waals surface area contributed by atoms with E-state index >= 15 is 0 Å². The van der Waals surface area contributed by atoms with Crippen molar-refractivity contribution in [3.05, 3.63) is 35.4 Å². The van der Waals surface area contributed by atoms with E-state index in [-0.39, 0.29) is 5.60 Å². The van der Waals surface area contributed by atoms with Crippen molar-refractivity contribution >= 4 is 0 Å². The maximum Gasteiger partial charge on any atom is 0.0629 e. The van der Waals surface area contributed by atoms with Crippen molar-refractivity contribution < 1.29 is 4.74 Å². The maximum atomic E-state index is 5.80. The highest BCUT2D eigenvalue weighted by Crippen LogP contribution is 2.37. The summed E-state index contributed by atoms with van der Waals surface area (Å²) in [5.41, 5.74) is 2.87. The third-order valence-electron chi connectivity index (χ3n) is 4.05. The Bertz CT molecular complexity index is 364. The zero-order valence-electron chi connectivity index (χ0n) is 11.5. The lowest BCUT2D eigenvalue weighted by molar-refractivity contribution is -0.0759. The van der Waals surface area contributed by atoms with Crippen LogP contribution in [0.4, 0.5) is 0 Å². The summed E-state index contributed by atoms with van der Waals surface area (Å²) in [5, 5.41) is 0. The smallest absolute Gasteiger partial charge is 0.0629 e. The lowest BCUT2D eigenvalue weighted by atomic mass is 9.77. The number of aryl methyl sites for hydroxylation is 1. The second-order valence-corrected chi connectivity index (χ2v) is 6.06. The predicted molar refractivity (Wildman–Crippen MR) is 72.3 cm³/mol. The van der Waals surface area contributed by atoms with Crippen molar-refractivity contribution in [2.24, 2.45) is 5.92 Å². The zero-order valence-corrected chi connectivity index (χ0v) is 11.5. The first-order valence-electron chi connectivity index (χ1n) is 6.68. The first kappa shape index (κ1) is 12.6.